The summed E-state index contributed by atoms with van der Waals surface area (Å²) in [7, 11) is -3.66. The highest BCUT2D eigenvalue weighted by molar-refractivity contribution is 7.89. The van der Waals surface area contributed by atoms with Crippen molar-refractivity contribution in [3.05, 3.63) is 51.7 Å². The molecule has 1 atom stereocenters. The molecule has 3 heterocycles. The van der Waals surface area contributed by atoms with E-state index in [9.17, 15) is 13.2 Å². The number of ether oxygens (including phenoxy) is 1. The van der Waals surface area contributed by atoms with E-state index in [0.29, 0.717) is 44.8 Å². The fourth-order valence-corrected chi connectivity index (χ4v) is 6.70. The SMILES string of the molecule is CCc1ccc(C(=O)N2CCCC2c2cccs2)cc1S(=O)(=O)N1CCOCC1. The van der Waals surface area contributed by atoms with Crippen molar-refractivity contribution in [3.63, 3.8) is 0 Å². The van der Waals surface area contributed by atoms with Crippen LogP contribution in [0.5, 0.6) is 0 Å². The number of sulfonamides is 1. The Morgan fingerprint density at radius 1 is 1.21 bits per heavy atom. The number of benzene rings is 1. The summed E-state index contributed by atoms with van der Waals surface area (Å²) >= 11 is 1.66. The van der Waals surface area contributed by atoms with E-state index < -0.39 is 10.0 Å². The van der Waals surface area contributed by atoms with Gasteiger partial charge in [-0.15, -0.1) is 11.3 Å². The number of morpholine rings is 1. The molecule has 0 aliphatic carbocycles. The summed E-state index contributed by atoms with van der Waals surface area (Å²) in [6, 6.07) is 9.28. The van der Waals surface area contributed by atoms with Crippen LogP contribution >= 0.6 is 11.3 Å². The molecular weight excluding hydrogens is 408 g/mol. The minimum absolute atomic E-state index is 0.0765. The maximum Gasteiger partial charge on any atom is 0.254 e. The normalized spacial score (nSPS) is 20.9. The summed E-state index contributed by atoms with van der Waals surface area (Å²) in [6.07, 6.45) is 2.49. The van der Waals surface area contributed by atoms with Gasteiger partial charge in [-0.3, -0.25) is 4.79 Å². The van der Waals surface area contributed by atoms with Gasteiger partial charge < -0.3 is 9.64 Å². The van der Waals surface area contributed by atoms with Crippen molar-refractivity contribution in [2.75, 3.05) is 32.8 Å². The number of thiophene rings is 1. The molecule has 1 aromatic carbocycles. The van der Waals surface area contributed by atoms with E-state index in [0.717, 1.165) is 18.4 Å². The molecule has 2 aromatic rings. The zero-order chi connectivity index (χ0) is 20.4. The maximum atomic E-state index is 13.3. The Morgan fingerprint density at radius 2 is 2.00 bits per heavy atom. The zero-order valence-corrected chi connectivity index (χ0v) is 18.2. The van der Waals surface area contributed by atoms with Gasteiger partial charge in [-0.05, 0) is 48.4 Å². The van der Waals surface area contributed by atoms with E-state index in [-0.39, 0.29) is 16.8 Å². The molecule has 2 fully saturated rings. The first-order valence-corrected chi connectivity index (χ1v) is 12.4. The number of hydrogen-bond donors (Lipinski definition) is 0. The molecule has 6 nitrogen and oxygen atoms in total. The molecule has 156 valence electrons. The molecule has 4 rings (SSSR count). The molecule has 2 saturated heterocycles. The molecule has 1 amide bonds. The van der Waals surface area contributed by atoms with Gasteiger partial charge in [0.25, 0.3) is 5.91 Å². The smallest absolute Gasteiger partial charge is 0.254 e. The van der Waals surface area contributed by atoms with Crippen LogP contribution in [-0.2, 0) is 21.2 Å². The number of likely N-dealkylation sites (tertiary alicyclic amines) is 1. The van der Waals surface area contributed by atoms with Crippen LogP contribution in [-0.4, -0.2) is 56.4 Å². The molecule has 8 heteroatoms. The van der Waals surface area contributed by atoms with Crippen molar-refractivity contribution in [2.45, 2.75) is 37.1 Å². The molecule has 0 N–H and O–H groups in total. The highest BCUT2D eigenvalue weighted by Gasteiger charge is 2.33. The molecule has 0 saturated carbocycles. The van der Waals surface area contributed by atoms with Crippen molar-refractivity contribution < 1.29 is 17.9 Å². The number of amides is 1. The average Bonchev–Trinajstić information content (AvgIpc) is 3.45. The quantitative estimate of drug-likeness (QED) is 0.724. The van der Waals surface area contributed by atoms with Crippen LogP contribution in [0.1, 0.15) is 46.6 Å². The minimum Gasteiger partial charge on any atom is -0.379 e. The second kappa shape index (κ2) is 8.55. The first-order chi connectivity index (χ1) is 14.0. The molecule has 29 heavy (non-hydrogen) atoms. The summed E-state index contributed by atoms with van der Waals surface area (Å²) in [5.74, 6) is -0.0954. The number of carbonyl (C=O) groups is 1. The lowest BCUT2D eigenvalue weighted by molar-refractivity contribution is 0.0728. The Kier molecular flexibility index (Phi) is 6.06. The first-order valence-electron chi connectivity index (χ1n) is 10.1. The second-order valence-electron chi connectivity index (χ2n) is 7.36. The van der Waals surface area contributed by atoms with Crippen LogP contribution in [0.2, 0.25) is 0 Å². The van der Waals surface area contributed by atoms with Crippen LogP contribution in [0, 0.1) is 0 Å². The van der Waals surface area contributed by atoms with Crippen molar-refractivity contribution >= 4 is 27.3 Å². The van der Waals surface area contributed by atoms with Gasteiger partial charge in [0.15, 0.2) is 0 Å². The number of rotatable bonds is 5. The minimum atomic E-state index is -3.66. The predicted octanol–water partition coefficient (Wildman–Crippen LogP) is 3.31. The number of carbonyl (C=O) groups excluding carboxylic acids is 1. The molecular formula is C21H26N2O4S2. The van der Waals surface area contributed by atoms with Crippen LogP contribution in [0.15, 0.2) is 40.6 Å². The Bertz CT molecular complexity index is 967. The second-order valence-corrected chi connectivity index (χ2v) is 10.3. The molecule has 1 aromatic heterocycles. The summed E-state index contributed by atoms with van der Waals surface area (Å²) in [4.78, 5) is 16.6. The van der Waals surface area contributed by atoms with Gasteiger partial charge in [-0.2, -0.15) is 4.31 Å². The Balaban J connectivity index is 1.66. The van der Waals surface area contributed by atoms with Crippen molar-refractivity contribution in [1.29, 1.82) is 0 Å². The maximum absolute atomic E-state index is 13.3. The lowest BCUT2D eigenvalue weighted by Gasteiger charge is -2.28. The zero-order valence-electron chi connectivity index (χ0n) is 16.5. The van der Waals surface area contributed by atoms with Crippen LogP contribution in [0.3, 0.4) is 0 Å². The molecule has 1 unspecified atom stereocenters. The Labute approximate surface area is 176 Å². The largest absolute Gasteiger partial charge is 0.379 e. The van der Waals surface area contributed by atoms with Crippen molar-refractivity contribution in [1.82, 2.24) is 9.21 Å². The van der Waals surface area contributed by atoms with Crippen molar-refractivity contribution in [3.8, 4) is 0 Å². The van der Waals surface area contributed by atoms with E-state index >= 15 is 0 Å². The molecule has 0 radical (unpaired) electrons. The van der Waals surface area contributed by atoms with Crippen LogP contribution < -0.4 is 0 Å². The van der Waals surface area contributed by atoms with E-state index in [1.54, 1.807) is 29.5 Å². The lowest BCUT2D eigenvalue weighted by Crippen LogP contribution is -2.41. The Hall–Kier alpha value is -1.74. The van der Waals surface area contributed by atoms with Gasteiger partial charge in [0.05, 0.1) is 24.2 Å². The molecule has 2 aliphatic heterocycles. The molecule has 0 spiro atoms. The summed E-state index contributed by atoms with van der Waals surface area (Å²) in [6.45, 7) is 4.11. The fourth-order valence-electron chi connectivity index (χ4n) is 4.10. The molecule has 2 aliphatic rings. The Morgan fingerprint density at radius 3 is 2.69 bits per heavy atom. The van der Waals surface area contributed by atoms with Gasteiger partial charge in [-0.1, -0.05) is 19.1 Å². The third-order valence-electron chi connectivity index (χ3n) is 5.67. The average molecular weight is 435 g/mol. The van der Waals surface area contributed by atoms with E-state index in [4.69, 9.17) is 4.74 Å². The van der Waals surface area contributed by atoms with E-state index in [1.807, 2.05) is 23.3 Å². The monoisotopic (exact) mass is 434 g/mol. The van der Waals surface area contributed by atoms with Gasteiger partial charge in [0.1, 0.15) is 0 Å². The standard InChI is InChI=1S/C21H26N2O4S2/c1-2-16-7-8-17(15-20(16)29(25,26)22-10-12-27-13-11-22)21(24)23-9-3-5-18(23)19-6-4-14-28-19/h4,6-8,14-15,18H,2-3,5,9-13H2,1H3. The first kappa shape index (κ1) is 20.5. The third-order valence-corrected chi connectivity index (χ3v) is 8.62. The van der Waals surface area contributed by atoms with Crippen LogP contribution in [0.25, 0.3) is 0 Å². The van der Waals surface area contributed by atoms with Gasteiger partial charge >= 0.3 is 0 Å². The van der Waals surface area contributed by atoms with Gasteiger partial charge in [0, 0.05) is 30.1 Å². The summed E-state index contributed by atoms with van der Waals surface area (Å²) in [5.41, 5.74) is 1.18. The summed E-state index contributed by atoms with van der Waals surface area (Å²) < 4.78 is 33.3. The fraction of sp³-hybridized carbons (Fsp3) is 0.476. The third kappa shape index (κ3) is 3.99. The highest BCUT2D eigenvalue weighted by Crippen LogP contribution is 2.36. The van der Waals surface area contributed by atoms with Crippen molar-refractivity contribution in [2.24, 2.45) is 0 Å². The number of nitrogens with zero attached hydrogens (tertiary/aromatic N) is 2. The predicted molar refractivity (Wildman–Crippen MR) is 113 cm³/mol. The molecule has 0 bridgehead atoms. The highest BCUT2D eigenvalue weighted by atomic mass is 32.2. The number of hydrogen-bond acceptors (Lipinski definition) is 5. The number of aryl methyl sites for hydroxylation is 1. The summed E-state index contributed by atoms with van der Waals surface area (Å²) in [5, 5.41) is 2.03. The topological polar surface area (TPSA) is 66.9 Å². The van der Waals surface area contributed by atoms with Gasteiger partial charge in [-0.25, -0.2) is 8.42 Å². The van der Waals surface area contributed by atoms with E-state index in [1.165, 1.54) is 9.18 Å². The van der Waals surface area contributed by atoms with Crippen LogP contribution in [0.4, 0.5) is 0 Å². The van der Waals surface area contributed by atoms with Gasteiger partial charge in [0.2, 0.25) is 10.0 Å². The lowest BCUT2D eigenvalue weighted by atomic mass is 10.1. The van der Waals surface area contributed by atoms with E-state index in [2.05, 4.69) is 6.07 Å².